The fourth-order valence-electron chi connectivity index (χ4n) is 4.88. The summed E-state index contributed by atoms with van der Waals surface area (Å²) >= 11 is 0. The van der Waals surface area contributed by atoms with Crippen molar-refractivity contribution >= 4 is 5.97 Å². The second-order valence-electron chi connectivity index (χ2n) is 9.77. The molecule has 0 spiro atoms. The Labute approximate surface area is 225 Å². The van der Waals surface area contributed by atoms with E-state index in [1.165, 1.54) is 4.68 Å². The van der Waals surface area contributed by atoms with Crippen molar-refractivity contribution in [2.24, 2.45) is 0 Å². The van der Waals surface area contributed by atoms with Gasteiger partial charge in [0.15, 0.2) is 5.76 Å². The number of rotatable bonds is 8. The molecule has 0 atom stereocenters. The predicted octanol–water partition coefficient (Wildman–Crippen LogP) is 5.90. The fourth-order valence-corrected chi connectivity index (χ4v) is 4.88. The van der Waals surface area contributed by atoms with Crippen LogP contribution in [0.2, 0.25) is 0 Å². The first-order valence-corrected chi connectivity index (χ1v) is 13.0. The normalized spacial score (nSPS) is 13.8. The van der Waals surface area contributed by atoms with Crippen molar-refractivity contribution in [3.63, 3.8) is 0 Å². The summed E-state index contributed by atoms with van der Waals surface area (Å²) in [4.78, 5) is 12.4. The fraction of sp³-hybridized carbons (Fsp3) is 0.226. The number of nitrogens with one attached hydrogen (secondary N) is 1. The van der Waals surface area contributed by atoms with Gasteiger partial charge >= 0.3 is 11.7 Å². The molecule has 0 bridgehead atoms. The van der Waals surface area contributed by atoms with Crippen LogP contribution in [0.4, 0.5) is 0 Å². The molecule has 0 radical (unpaired) electrons. The van der Waals surface area contributed by atoms with Crippen LogP contribution in [0.15, 0.2) is 87.8 Å². The minimum absolute atomic E-state index is 0.0462. The zero-order valence-electron chi connectivity index (χ0n) is 21.8. The molecule has 1 aliphatic rings. The number of ether oxygens (including phenoxy) is 1. The van der Waals surface area contributed by atoms with Crippen molar-refractivity contribution in [3.05, 3.63) is 101 Å². The van der Waals surface area contributed by atoms with Crippen LogP contribution in [0.1, 0.15) is 36.6 Å². The molecule has 6 rings (SSSR count). The minimum atomic E-state index is -0.471. The van der Waals surface area contributed by atoms with E-state index in [9.17, 15) is 4.79 Å². The van der Waals surface area contributed by atoms with Crippen molar-refractivity contribution in [1.82, 2.24) is 14.9 Å². The van der Waals surface area contributed by atoms with Gasteiger partial charge in [-0.05, 0) is 55.5 Å². The highest BCUT2D eigenvalue weighted by Crippen LogP contribution is 2.49. The molecule has 3 aromatic carbocycles. The van der Waals surface area contributed by atoms with Gasteiger partial charge in [-0.3, -0.25) is 4.79 Å². The molecular formula is C31H28N4O4. The maximum absolute atomic E-state index is 12.4. The summed E-state index contributed by atoms with van der Waals surface area (Å²) in [5, 5.41) is 17.0. The Morgan fingerprint density at radius 1 is 0.949 bits per heavy atom. The van der Waals surface area contributed by atoms with E-state index in [2.05, 4.69) is 22.4 Å². The van der Waals surface area contributed by atoms with Crippen molar-refractivity contribution in [1.29, 1.82) is 5.41 Å². The summed E-state index contributed by atoms with van der Waals surface area (Å²) in [5.41, 5.74) is 5.87. The van der Waals surface area contributed by atoms with Gasteiger partial charge in [0.1, 0.15) is 0 Å². The molecule has 1 fully saturated rings. The van der Waals surface area contributed by atoms with E-state index >= 15 is 0 Å². The lowest BCUT2D eigenvalue weighted by molar-refractivity contribution is -0.146. The number of aromatic nitrogens is 3. The van der Waals surface area contributed by atoms with Gasteiger partial charge in [-0.25, -0.2) is 10.1 Å². The van der Waals surface area contributed by atoms with E-state index in [4.69, 9.17) is 19.1 Å². The average molecular weight is 521 g/mol. The first-order chi connectivity index (χ1) is 19.0. The summed E-state index contributed by atoms with van der Waals surface area (Å²) in [6, 6.07) is 25.8. The molecule has 0 unspecified atom stereocenters. The third-order valence-electron chi connectivity index (χ3n) is 7.29. The van der Waals surface area contributed by atoms with E-state index in [-0.39, 0.29) is 11.7 Å². The summed E-state index contributed by atoms with van der Waals surface area (Å²) < 4.78 is 18.1. The van der Waals surface area contributed by atoms with Crippen LogP contribution in [0.3, 0.4) is 0 Å². The van der Waals surface area contributed by atoms with E-state index in [1.807, 2.05) is 80.6 Å². The van der Waals surface area contributed by atoms with Crippen molar-refractivity contribution in [3.8, 4) is 33.9 Å². The number of esters is 1. The Hall–Kier alpha value is -4.72. The zero-order chi connectivity index (χ0) is 27.0. The van der Waals surface area contributed by atoms with Crippen molar-refractivity contribution in [2.45, 2.75) is 38.6 Å². The van der Waals surface area contributed by atoms with Gasteiger partial charge in [0, 0.05) is 16.7 Å². The van der Waals surface area contributed by atoms with Gasteiger partial charge in [-0.15, -0.1) is 5.10 Å². The van der Waals surface area contributed by atoms with Crippen LogP contribution < -0.4 is 5.68 Å². The van der Waals surface area contributed by atoms with Gasteiger partial charge in [0.2, 0.25) is 5.89 Å². The molecule has 2 heterocycles. The quantitative estimate of drug-likeness (QED) is 0.256. The molecule has 2 aromatic heterocycles. The second-order valence-corrected chi connectivity index (χ2v) is 9.77. The Morgan fingerprint density at radius 2 is 1.59 bits per heavy atom. The van der Waals surface area contributed by atoms with Crippen LogP contribution in [0.25, 0.3) is 33.9 Å². The Kier molecular flexibility index (Phi) is 6.23. The van der Waals surface area contributed by atoms with Gasteiger partial charge in [-0.1, -0.05) is 71.9 Å². The second kappa shape index (κ2) is 9.87. The third-order valence-corrected chi connectivity index (χ3v) is 7.29. The zero-order valence-corrected chi connectivity index (χ0v) is 21.8. The van der Waals surface area contributed by atoms with E-state index in [0.29, 0.717) is 24.8 Å². The molecule has 1 N–H and O–H groups in total. The SMILES string of the molecule is CCOC(=O)C1(c2ccc(-c3ccc(-c4onc(C)c4Cn4nc(-c5ccccc5)oc4=N)cc3)cc2)CC1. The molecule has 0 amide bonds. The van der Waals surface area contributed by atoms with Gasteiger partial charge < -0.3 is 13.7 Å². The maximum atomic E-state index is 12.4. The van der Waals surface area contributed by atoms with E-state index < -0.39 is 5.41 Å². The van der Waals surface area contributed by atoms with E-state index in [0.717, 1.165) is 51.9 Å². The number of aryl methyl sites for hydroxylation is 1. The smallest absolute Gasteiger partial charge is 0.316 e. The first-order valence-electron chi connectivity index (χ1n) is 13.0. The molecule has 196 valence electrons. The number of nitrogens with zero attached hydrogens (tertiary/aromatic N) is 3. The summed E-state index contributed by atoms with van der Waals surface area (Å²) in [6.45, 7) is 4.41. The van der Waals surface area contributed by atoms with Gasteiger partial charge in [0.25, 0.3) is 0 Å². The lowest BCUT2D eigenvalue weighted by Gasteiger charge is -2.14. The average Bonchev–Trinajstić information content (AvgIpc) is 3.60. The van der Waals surface area contributed by atoms with Crippen LogP contribution in [-0.4, -0.2) is 27.5 Å². The molecule has 8 nitrogen and oxygen atoms in total. The minimum Gasteiger partial charge on any atom is -0.465 e. The number of carbonyl (C=O) groups excluding carboxylic acids is 1. The molecular weight excluding hydrogens is 492 g/mol. The lowest BCUT2D eigenvalue weighted by atomic mass is 9.93. The highest BCUT2D eigenvalue weighted by Gasteiger charge is 2.52. The molecule has 0 saturated heterocycles. The first kappa shape index (κ1) is 24.6. The van der Waals surface area contributed by atoms with Crippen LogP contribution in [-0.2, 0) is 21.5 Å². The van der Waals surface area contributed by atoms with Crippen LogP contribution in [0.5, 0.6) is 0 Å². The highest BCUT2D eigenvalue weighted by molar-refractivity contribution is 5.87. The summed E-state index contributed by atoms with van der Waals surface area (Å²) in [5.74, 6) is 0.898. The molecule has 1 saturated carbocycles. The van der Waals surface area contributed by atoms with E-state index in [1.54, 1.807) is 0 Å². The molecule has 5 aromatic rings. The summed E-state index contributed by atoms with van der Waals surface area (Å²) in [6.07, 6.45) is 1.67. The lowest BCUT2D eigenvalue weighted by Crippen LogP contribution is -2.23. The molecule has 8 heteroatoms. The standard InChI is InChI=1S/C31H28N4O4/c1-3-37-29(36)31(17-18-31)25-15-13-22(14-16-25)21-9-11-23(12-10-21)27-26(20(2)34-39-27)19-35-30(32)38-28(33-35)24-7-5-4-6-8-24/h4-16,32H,3,17-19H2,1-2H3. The van der Waals surface area contributed by atoms with Gasteiger partial charge in [0.05, 0.1) is 24.3 Å². The Bertz CT molecular complexity index is 1680. The number of benzene rings is 3. The molecule has 39 heavy (non-hydrogen) atoms. The monoisotopic (exact) mass is 520 g/mol. The van der Waals surface area contributed by atoms with Crippen LogP contribution in [0, 0.1) is 12.3 Å². The van der Waals surface area contributed by atoms with Crippen LogP contribution >= 0.6 is 0 Å². The number of carbonyl (C=O) groups is 1. The number of hydrogen-bond donors (Lipinski definition) is 1. The molecule has 0 aliphatic heterocycles. The van der Waals surface area contributed by atoms with Gasteiger partial charge in [-0.2, -0.15) is 0 Å². The largest absolute Gasteiger partial charge is 0.465 e. The third kappa shape index (κ3) is 4.58. The predicted molar refractivity (Wildman–Crippen MR) is 145 cm³/mol. The maximum Gasteiger partial charge on any atom is 0.316 e. The topological polar surface area (TPSA) is 107 Å². The molecule has 1 aliphatic carbocycles. The Balaban J connectivity index is 1.22. The Morgan fingerprint density at radius 3 is 2.23 bits per heavy atom. The summed E-state index contributed by atoms with van der Waals surface area (Å²) in [7, 11) is 0. The number of hydrogen-bond acceptors (Lipinski definition) is 7. The van der Waals surface area contributed by atoms with Crippen molar-refractivity contribution in [2.75, 3.05) is 6.61 Å². The van der Waals surface area contributed by atoms with Crippen molar-refractivity contribution < 1.29 is 18.5 Å². The highest BCUT2D eigenvalue weighted by atomic mass is 16.5.